The van der Waals surface area contributed by atoms with Gasteiger partial charge in [0.25, 0.3) is 0 Å². The van der Waals surface area contributed by atoms with E-state index in [-0.39, 0.29) is 29.8 Å². The first-order valence-corrected chi connectivity index (χ1v) is 14.0. The van der Waals surface area contributed by atoms with Gasteiger partial charge in [-0.05, 0) is 70.8 Å². The van der Waals surface area contributed by atoms with E-state index >= 15 is 0 Å². The van der Waals surface area contributed by atoms with Crippen LogP contribution in [0.4, 0.5) is 4.79 Å². The zero-order chi connectivity index (χ0) is 27.3. The van der Waals surface area contributed by atoms with Crippen LogP contribution in [0.5, 0.6) is 0 Å². The molecule has 0 heterocycles. The molecule has 2 N–H and O–H groups in total. The SMILES string of the molecule is Cc1cccc(C(C(=O)NC2CCCCC2)N(C(=O)C(CC(C)C)NC(=O)OC(C)(C)C)C2CC2C)c1. The van der Waals surface area contributed by atoms with Crippen molar-refractivity contribution in [2.75, 3.05) is 0 Å². The summed E-state index contributed by atoms with van der Waals surface area (Å²) in [6.07, 6.45) is 6.04. The Morgan fingerprint density at radius 3 is 2.30 bits per heavy atom. The van der Waals surface area contributed by atoms with Crippen molar-refractivity contribution in [1.82, 2.24) is 15.5 Å². The molecule has 0 aromatic heterocycles. The summed E-state index contributed by atoms with van der Waals surface area (Å²) in [7, 11) is 0. The Morgan fingerprint density at radius 2 is 1.76 bits per heavy atom. The second kappa shape index (κ2) is 12.3. The van der Waals surface area contributed by atoms with Crippen LogP contribution in [0.15, 0.2) is 24.3 Å². The minimum absolute atomic E-state index is 0.0507. The average Bonchev–Trinajstić information content (AvgIpc) is 3.51. The highest BCUT2D eigenvalue weighted by Gasteiger charge is 2.48. The van der Waals surface area contributed by atoms with Crippen LogP contribution in [-0.2, 0) is 14.3 Å². The fourth-order valence-corrected chi connectivity index (χ4v) is 5.30. The highest BCUT2D eigenvalue weighted by atomic mass is 16.6. The van der Waals surface area contributed by atoms with Crippen molar-refractivity contribution in [3.63, 3.8) is 0 Å². The summed E-state index contributed by atoms with van der Waals surface area (Å²) in [5, 5.41) is 6.11. The molecule has 2 saturated carbocycles. The van der Waals surface area contributed by atoms with Crippen LogP contribution in [0.3, 0.4) is 0 Å². The van der Waals surface area contributed by atoms with Crippen LogP contribution < -0.4 is 10.6 Å². The fourth-order valence-electron chi connectivity index (χ4n) is 5.30. The van der Waals surface area contributed by atoms with Crippen molar-refractivity contribution in [2.45, 2.75) is 123 Å². The third-order valence-electron chi connectivity index (χ3n) is 7.21. The zero-order valence-electron chi connectivity index (χ0n) is 23.8. The van der Waals surface area contributed by atoms with Crippen molar-refractivity contribution in [3.05, 3.63) is 35.4 Å². The van der Waals surface area contributed by atoms with Crippen LogP contribution in [0.25, 0.3) is 0 Å². The van der Waals surface area contributed by atoms with Gasteiger partial charge in [0.05, 0.1) is 0 Å². The van der Waals surface area contributed by atoms with Gasteiger partial charge in [0.1, 0.15) is 17.7 Å². The van der Waals surface area contributed by atoms with E-state index in [4.69, 9.17) is 4.74 Å². The smallest absolute Gasteiger partial charge is 0.408 e. The van der Waals surface area contributed by atoms with Crippen LogP contribution in [0.1, 0.15) is 104 Å². The van der Waals surface area contributed by atoms with Gasteiger partial charge in [-0.2, -0.15) is 0 Å². The number of amides is 3. The number of ether oxygens (including phenoxy) is 1. The van der Waals surface area contributed by atoms with Crippen molar-refractivity contribution in [2.24, 2.45) is 11.8 Å². The van der Waals surface area contributed by atoms with E-state index in [0.29, 0.717) is 12.3 Å². The number of benzene rings is 1. The van der Waals surface area contributed by atoms with Gasteiger partial charge in [0.2, 0.25) is 11.8 Å². The summed E-state index contributed by atoms with van der Waals surface area (Å²) in [6.45, 7) is 13.5. The lowest BCUT2D eigenvalue weighted by Crippen LogP contribution is -2.55. The summed E-state index contributed by atoms with van der Waals surface area (Å²) in [4.78, 5) is 42.7. The van der Waals surface area contributed by atoms with Gasteiger partial charge in [-0.25, -0.2) is 4.79 Å². The average molecular weight is 514 g/mol. The van der Waals surface area contributed by atoms with Gasteiger partial charge in [-0.15, -0.1) is 0 Å². The molecule has 7 heteroatoms. The molecule has 1 aromatic rings. The molecule has 0 radical (unpaired) electrons. The van der Waals surface area contributed by atoms with Gasteiger partial charge in [0, 0.05) is 12.1 Å². The van der Waals surface area contributed by atoms with Crippen LogP contribution >= 0.6 is 0 Å². The third kappa shape index (κ3) is 8.47. The predicted octanol–water partition coefficient (Wildman–Crippen LogP) is 5.66. The second-order valence-electron chi connectivity index (χ2n) is 12.5. The number of rotatable bonds is 9. The Balaban J connectivity index is 1.96. The molecule has 1 aromatic carbocycles. The van der Waals surface area contributed by atoms with Gasteiger partial charge in [-0.1, -0.05) is 69.9 Å². The molecule has 4 atom stereocenters. The molecule has 0 spiro atoms. The van der Waals surface area contributed by atoms with Crippen LogP contribution in [0.2, 0.25) is 0 Å². The zero-order valence-corrected chi connectivity index (χ0v) is 23.8. The number of hydrogen-bond donors (Lipinski definition) is 2. The molecule has 2 fully saturated rings. The number of aryl methyl sites for hydroxylation is 1. The van der Waals surface area contributed by atoms with E-state index in [1.165, 1.54) is 6.42 Å². The molecule has 3 rings (SSSR count). The first kappa shape index (κ1) is 29.0. The third-order valence-corrected chi connectivity index (χ3v) is 7.21. The molecule has 0 saturated heterocycles. The summed E-state index contributed by atoms with van der Waals surface area (Å²) in [6, 6.07) is 6.42. The lowest BCUT2D eigenvalue weighted by Gasteiger charge is -2.36. The molecular weight excluding hydrogens is 466 g/mol. The minimum atomic E-state index is -0.780. The van der Waals surface area contributed by atoms with E-state index in [1.807, 2.05) is 45.0 Å². The molecule has 3 amide bonds. The topological polar surface area (TPSA) is 87.7 Å². The molecule has 0 bridgehead atoms. The molecule has 206 valence electrons. The van der Waals surface area contributed by atoms with E-state index < -0.39 is 23.8 Å². The highest BCUT2D eigenvalue weighted by molar-refractivity contribution is 5.92. The number of carbonyl (C=O) groups is 3. The van der Waals surface area contributed by atoms with Crippen molar-refractivity contribution in [1.29, 1.82) is 0 Å². The normalized spacial score (nSPS) is 21.6. The molecule has 7 nitrogen and oxygen atoms in total. The number of alkyl carbamates (subject to hydrolysis) is 1. The summed E-state index contributed by atoms with van der Waals surface area (Å²) >= 11 is 0. The van der Waals surface area contributed by atoms with Gasteiger partial charge in [0.15, 0.2) is 0 Å². The number of nitrogens with one attached hydrogen (secondary N) is 2. The number of nitrogens with zero attached hydrogens (tertiary/aromatic N) is 1. The molecule has 2 aliphatic carbocycles. The lowest BCUT2D eigenvalue weighted by atomic mass is 9.94. The second-order valence-corrected chi connectivity index (χ2v) is 12.5. The summed E-state index contributed by atoms with van der Waals surface area (Å²) in [5.41, 5.74) is 1.17. The summed E-state index contributed by atoms with van der Waals surface area (Å²) in [5.74, 6) is 0.0977. The predicted molar refractivity (Wildman–Crippen MR) is 146 cm³/mol. The highest BCUT2D eigenvalue weighted by Crippen LogP contribution is 2.41. The molecule has 37 heavy (non-hydrogen) atoms. The first-order chi connectivity index (χ1) is 17.4. The molecule has 4 unspecified atom stereocenters. The number of hydrogen-bond acceptors (Lipinski definition) is 4. The Hall–Kier alpha value is -2.57. The van der Waals surface area contributed by atoms with Crippen LogP contribution in [-0.4, -0.2) is 46.5 Å². The van der Waals surface area contributed by atoms with Crippen molar-refractivity contribution < 1.29 is 19.1 Å². The molecule has 2 aliphatic rings. The van der Waals surface area contributed by atoms with E-state index in [2.05, 4.69) is 17.6 Å². The summed E-state index contributed by atoms with van der Waals surface area (Å²) < 4.78 is 5.49. The van der Waals surface area contributed by atoms with E-state index in [9.17, 15) is 14.4 Å². The number of carbonyl (C=O) groups excluding carboxylic acids is 3. The Bertz CT molecular complexity index is 948. The quantitative estimate of drug-likeness (QED) is 0.446. The van der Waals surface area contributed by atoms with E-state index in [0.717, 1.165) is 43.2 Å². The maximum Gasteiger partial charge on any atom is 0.408 e. The van der Waals surface area contributed by atoms with Gasteiger partial charge in [-0.3, -0.25) is 9.59 Å². The molecular formula is C30H47N3O4. The van der Waals surface area contributed by atoms with Gasteiger partial charge < -0.3 is 20.3 Å². The van der Waals surface area contributed by atoms with Gasteiger partial charge >= 0.3 is 6.09 Å². The molecule has 0 aliphatic heterocycles. The van der Waals surface area contributed by atoms with Crippen molar-refractivity contribution >= 4 is 17.9 Å². The Kier molecular flexibility index (Phi) is 9.65. The fraction of sp³-hybridized carbons (Fsp3) is 0.700. The van der Waals surface area contributed by atoms with Crippen molar-refractivity contribution in [3.8, 4) is 0 Å². The Labute approximate surface area is 223 Å². The minimum Gasteiger partial charge on any atom is -0.444 e. The maximum absolute atomic E-state index is 14.3. The van der Waals surface area contributed by atoms with Crippen LogP contribution in [0, 0.1) is 18.8 Å². The maximum atomic E-state index is 14.3. The first-order valence-electron chi connectivity index (χ1n) is 14.0. The lowest BCUT2D eigenvalue weighted by molar-refractivity contribution is -0.144. The monoisotopic (exact) mass is 513 g/mol. The Morgan fingerprint density at radius 1 is 1.11 bits per heavy atom. The standard InChI is InChI=1S/C30H47N3O4/c1-19(2)16-24(32-29(36)37-30(5,6)7)28(35)33(25-18-21(25)4)26(22-13-11-12-20(3)17-22)27(34)31-23-14-9-8-10-15-23/h11-13,17,19,21,23-26H,8-10,14-16,18H2,1-7H3,(H,31,34)(H,32,36). The van der Waals surface area contributed by atoms with E-state index in [1.54, 1.807) is 25.7 Å². The largest absolute Gasteiger partial charge is 0.444 e.